The molecule has 4 N–H and O–H groups in total. The van der Waals surface area contributed by atoms with E-state index in [0.29, 0.717) is 15.7 Å². The summed E-state index contributed by atoms with van der Waals surface area (Å²) < 4.78 is 14.2. The normalized spacial score (nSPS) is 10.2. The molecule has 0 spiro atoms. The van der Waals surface area contributed by atoms with Crippen LogP contribution in [0.1, 0.15) is 5.56 Å². The van der Waals surface area contributed by atoms with Crippen molar-refractivity contribution in [2.24, 2.45) is 11.5 Å². The molecule has 88 valence electrons. The summed E-state index contributed by atoms with van der Waals surface area (Å²) in [6.45, 7) is 0.211. The zero-order chi connectivity index (χ0) is 12.3. The molecule has 1 aromatic rings. The Kier molecular flexibility index (Phi) is 4.26. The number of amides is 1. The molecule has 0 atom stereocenters. The number of nitrogens with zero attached hydrogens (tertiary/aromatic N) is 1. The van der Waals surface area contributed by atoms with Crippen molar-refractivity contribution in [1.82, 2.24) is 0 Å². The maximum absolute atomic E-state index is 13.9. The largest absolute Gasteiger partial charge is 0.368 e. The number of halogens is 2. The Bertz CT molecular complexity index is 411. The highest BCUT2D eigenvalue weighted by molar-refractivity contribution is 9.10. The summed E-state index contributed by atoms with van der Waals surface area (Å²) in [7, 11) is 1.59. The lowest BCUT2D eigenvalue weighted by molar-refractivity contribution is -0.116. The molecule has 0 aliphatic heterocycles. The second kappa shape index (κ2) is 5.27. The minimum Gasteiger partial charge on any atom is -0.368 e. The third kappa shape index (κ3) is 2.70. The molecule has 0 fully saturated rings. The average Bonchev–Trinajstić information content (AvgIpc) is 2.20. The molecule has 4 nitrogen and oxygen atoms in total. The van der Waals surface area contributed by atoms with Crippen LogP contribution in [0.3, 0.4) is 0 Å². The number of carbonyl (C=O) groups is 1. The van der Waals surface area contributed by atoms with Gasteiger partial charge in [0, 0.05) is 13.6 Å². The number of nitrogens with two attached hydrogens (primary N) is 2. The molecular formula is C10H13BrFN3O. The van der Waals surface area contributed by atoms with Crippen LogP contribution in [-0.4, -0.2) is 19.5 Å². The van der Waals surface area contributed by atoms with Crippen molar-refractivity contribution >= 4 is 27.5 Å². The van der Waals surface area contributed by atoms with Gasteiger partial charge in [0.15, 0.2) is 5.82 Å². The van der Waals surface area contributed by atoms with Crippen molar-refractivity contribution < 1.29 is 9.18 Å². The van der Waals surface area contributed by atoms with E-state index in [4.69, 9.17) is 11.5 Å². The van der Waals surface area contributed by atoms with Crippen LogP contribution in [-0.2, 0) is 11.3 Å². The Labute approximate surface area is 102 Å². The number of hydrogen-bond acceptors (Lipinski definition) is 3. The van der Waals surface area contributed by atoms with Crippen LogP contribution in [0.15, 0.2) is 16.6 Å². The summed E-state index contributed by atoms with van der Waals surface area (Å²) in [5.41, 5.74) is 11.5. The van der Waals surface area contributed by atoms with Gasteiger partial charge in [0.2, 0.25) is 5.91 Å². The Morgan fingerprint density at radius 1 is 1.56 bits per heavy atom. The summed E-state index contributed by atoms with van der Waals surface area (Å²) in [4.78, 5) is 12.2. The Morgan fingerprint density at radius 2 is 2.19 bits per heavy atom. The number of anilines is 1. The number of primary amides is 1. The highest BCUT2D eigenvalue weighted by Crippen LogP contribution is 2.28. The van der Waals surface area contributed by atoms with Crippen molar-refractivity contribution in [3.8, 4) is 0 Å². The smallest absolute Gasteiger partial charge is 0.236 e. The summed E-state index contributed by atoms with van der Waals surface area (Å²) in [5.74, 6) is -0.951. The molecular weight excluding hydrogens is 277 g/mol. The SMILES string of the molecule is CN(CC(N)=O)c1ccc(CN)c(Br)c1F. The predicted molar refractivity (Wildman–Crippen MR) is 64.5 cm³/mol. The van der Waals surface area contributed by atoms with Crippen molar-refractivity contribution in [3.63, 3.8) is 0 Å². The van der Waals surface area contributed by atoms with Gasteiger partial charge in [-0.3, -0.25) is 4.79 Å². The monoisotopic (exact) mass is 289 g/mol. The zero-order valence-electron chi connectivity index (χ0n) is 8.84. The van der Waals surface area contributed by atoms with Gasteiger partial charge in [0.05, 0.1) is 16.7 Å². The lowest BCUT2D eigenvalue weighted by Crippen LogP contribution is -2.31. The lowest BCUT2D eigenvalue weighted by Gasteiger charge is -2.19. The van der Waals surface area contributed by atoms with Crippen molar-refractivity contribution in [3.05, 3.63) is 28.0 Å². The van der Waals surface area contributed by atoms with Crippen LogP contribution in [0.25, 0.3) is 0 Å². The first-order valence-electron chi connectivity index (χ1n) is 4.63. The maximum Gasteiger partial charge on any atom is 0.236 e. The number of rotatable bonds is 4. The topological polar surface area (TPSA) is 72.3 Å². The van der Waals surface area contributed by atoms with E-state index < -0.39 is 11.7 Å². The van der Waals surface area contributed by atoms with E-state index in [0.717, 1.165) is 0 Å². The molecule has 0 unspecified atom stereocenters. The number of carbonyl (C=O) groups excluding carboxylic acids is 1. The van der Waals surface area contributed by atoms with E-state index in [1.54, 1.807) is 19.2 Å². The summed E-state index contributed by atoms with van der Waals surface area (Å²) >= 11 is 3.13. The summed E-state index contributed by atoms with van der Waals surface area (Å²) in [6.07, 6.45) is 0. The molecule has 16 heavy (non-hydrogen) atoms. The van der Waals surface area contributed by atoms with Gasteiger partial charge in [-0.05, 0) is 27.6 Å². The summed E-state index contributed by atoms with van der Waals surface area (Å²) in [6, 6.07) is 3.28. The van der Waals surface area contributed by atoms with Gasteiger partial charge < -0.3 is 16.4 Å². The van der Waals surface area contributed by atoms with Gasteiger partial charge in [0.1, 0.15) is 0 Å². The average molecular weight is 290 g/mol. The van der Waals surface area contributed by atoms with E-state index >= 15 is 0 Å². The molecule has 0 radical (unpaired) electrons. The third-order valence-corrected chi connectivity index (χ3v) is 3.02. The minimum atomic E-state index is -0.513. The van der Waals surface area contributed by atoms with E-state index in [1.807, 2.05) is 0 Å². The van der Waals surface area contributed by atoms with Crippen LogP contribution < -0.4 is 16.4 Å². The van der Waals surface area contributed by atoms with Gasteiger partial charge in [0.25, 0.3) is 0 Å². The van der Waals surface area contributed by atoms with Gasteiger partial charge in [-0.15, -0.1) is 0 Å². The standard InChI is InChI=1S/C10H13BrFN3O/c1-15(5-8(14)16)7-3-2-6(4-13)9(11)10(7)12/h2-3H,4-5,13H2,1H3,(H2,14,16). The van der Waals surface area contributed by atoms with E-state index in [2.05, 4.69) is 15.9 Å². The summed E-state index contributed by atoms with van der Waals surface area (Å²) in [5, 5.41) is 0. The first-order chi connectivity index (χ1) is 7.47. The van der Waals surface area contributed by atoms with Crippen molar-refractivity contribution in [1.29, 1.82) is 0 Å². The second-order valence-corrected chi connectivity index (χ2v) is 4.19. The number of likely N-dealkylation sites (N-methyl/N-ethyl adjacent to an activating group) is 1. The molecule has 0 heterocycles. The highest BCUT2D eigenvalue weighted by atomic mass is 79.9. The van der Waals surface area contributed by atoms with Gasteiger partial charge in [-0.2, -0.15) is 0 Å². The predicted octanol–water partition coefficient (Wildman–Crippen LogP) is 0.968. The Hall–Kier alpha value is -1.14. The fourth-order valence-electron chi connectivity index (χ4n) is 1.35. The van der Waals surface area contributed by atoms with Gasteiger partial charge >= 0.3 is 0 Å². The molecule has 1 aromatic carbocycles. The molecule has 1 amide bonds. The molecule has 0 bridgehead atoms. The first kappa shape index (κ1) is 12.9. The second-order valence-electron chi connectivity index (χ2n) is 3.40. The first-order valence-corrected chi connectivity index (χ1v) is 5.43. The van der Waals surface area contributed by atoms with Gasteiger partial charge in [-0.1, -0.05) is 6.07 Å². The Balaban J connectivity index is 3.06. The quantitative estimate of drug-likeness (QED) is 0.868. The molecule has 0 saturated carbocycles. The number of benzene rings is 1. The number of hydrogen-bond donors (Lipinski definition) is 2. The Morgan fingerprint density at radius 3 is 2.69 bits per heavy atom. The van der Waals surface area contributed by atoms with Crippen LogP contribution >= 0.6 is 15.9 Å². The fourth-order valence-corrected chi connectivity index (χ4v) is 1.85. The van der Waals surface area contributed by atoms with Crippen molar-refractivity contribution in [2.75, 3.05) is 18.5 Å². The molecule has 6 heteroatoms. The molecule has 0 aliphatic rings. The zero-order valence-corrected chi connectivity index (χ0v) is 10.4. The molecule has 0 aromatic heterocycles. The van der Waals surface area contributed by atoms with Crippen LogP contribution in [0.2, 0.25) is 0 Å². The molecule has 1 rings (SSSR count). The molecule has 0 aliphatic carbocycles. The minimum absolute atomic E-state index is 0.0364. The van der Waals surface area contributed by atoms with E-state index in [9.17, 15) is 9.18 Å². The van der Waals surface area contributed by atoms with E-state index in [1.165, 1.54) is 4.90 Å². The highest BCUT2D eigenvalue weighted by Gasteiger charge is 2.14. The van der Waals surface area contributed by atoms with Crippen LogP contribution in [0.4, 0.5) is 10.1 Å². The van der Waals surface area contributed by atoms with Crippen molar-refractivity contribution in [2.45, 2.75) is 6.54 Å². The fraction of sp³-hybridized carbons (Fsp3) is 0.300. The lowest BCUT2D eigenvalue weighted by atomic mass is 10.2. The van der Waals surface area contributed by atoms with Crippen LogP contribution in [0.5, 0.6) is 0 Å². The third-order valence-electron chi connectivity index (χ3n) is 2.17. The van der Waals surface area contributed by atoms with E-state index in [-0.39, 0.29) is 13.1 Å². The van der Waals surface area contributed by atoms with Crippen LogP contribution in [0, 0.1) is 5.82 Å². The molecule has 0 saturated heterocycles. The van der Waals surface area contributed by atoms with Gasteiger partial charge in [-0.25, -0.2) is 4.39 Å². The maximum atomic E-state index is 13.9.